The summed E-state index contributed by atoms with van der Waals surface area (Å²) in [6.07, 6.45) is 11.4. The van der Waals surface area contributed by atoms with Crippen molar-refractivity contribution in [3.8, 4) is 11.6 Å². The molecular formula is C55H74N4O12S. The number of rotatable bonds is 10. The molecule has 1 aromatic heterocycles. The molecule has 1 aromatic carbocycles. The van der Waals surface area contributed by atoms with Crippen LogP contribution in [-0.2, 0) is 49.8 Å². The van der Waals surface area contributed by atoms with Gasteiger partial charge in [0.2, 0.25) is 27.7 Å². The smallest absolute Gasteiger partial charge is 0.410 e. The number of allylic oxidation sites excluding steroid dienone is 1. The molecule has 2 unspecified atom stereocenters. The number of hydrogen-bond donors (Lipinski definition) is 1. The van der Waals surface area contributed by atoms with Gasteiger partial charge in [0.05, 0.1) is 71.5 Å². The molecule has 0 spiro atoms. The van der Waals surface area contributed by atoms with Crippen LogP contribution in [-0.4, -0.2) is 119 Å². The number of nitrogens with one attached hydrogen (secondary N) is 1. The van der Waals surface area contributed by atoms with E-state index in [1.165, 1.54) is 0 Å². The molecule has 17 heteroatoms. The third-order valence-corrected chi connectivity index (χ3v) is 19.4. The second-order valence-corrected chi connectivity index (χ2v) is 25.9. The van der Waals surface area contributed by atoms with Crippen LogP contribution in [0.15, 0.2) is 36.9 Å². The minimum Gasteiger partial charge on any atom is -0.489 e. The fraction of sp³-hybridized carbons (Fsp3) is 0.709. The van der Waals surface area contributed by atoms with Crippen LogP contribution in [0.25, 0.3) is 10.9 Å². The number of sulfonamides is 1. The average Bonchev–Trinajstić information content (AvgIpc) is 4.30. The number of aromatic nitrogens is 1. The Bertz CT molecular complexity index is 2560. The van der Waals surface area contributed by atoms with Crippen molar-refractivity contribution in [2.45, 2.75) is 196 Å². The molecule has 4 aliphatic carbocycles. The molecule has 1 N–H and O–H groups in total. The lowest BCUT2D eigenvalue weighted by Crippen LogP contribution is -2.61. The van der Waals surface area contributed by atoms with Crippen LogP contribution in [0.1, 0.15) is 149 Å². The molecule has 3 saturated heterocycles. The third-order valence-electron chi connectivity index (χ3n) is 17.2. The zero-order valence-corrected chi connectivity index (χ0v) is 43.4. The molecule has 72 heavy (non-hydrogen) atoms. The maximum absolute atomic E-state index is 15.4. The standard InChI is InChI=1S/C55H74N4O12S/c1-6-35-28-55(35,51(63)57-72(65,66)54(5)21-22-54)29-45(60)44-26-39-30-58(44)50(62)42(33-15-9-7-10-16-33)27-47(61)70-46-23-34(46)17-11-8-12-19-41-48(40-18-13-14-20-43(40)56-49(41)69-39)68-38-24-36-31-67-32-37(25-38)59(36)52(64)71-53(2,3)4/h6,13-14,18,20,33-39,42,44,46H,1,7-12,15-17,19,21-32H2,2-5H3,(H,57,63)/t34-,35-,36?,37?,38?,39-,42+,44+,46-,55-/m1/s1. The van der Waals surface area contributed by atoms with Crippen LogP contribution in [0.3, 0.4) is 0 Å². The number of para-hydroxylation sites is 1. The van der Waals surface area contributed by atoms with Gasteiger partial charge in [-0.2, -0.15) is 0 Å². The van der Waals surface area contributed by atoms with Crippen molar-refractivity contribution < 1.29 is 56.1 Å². The summed E-state index contributed by atoms with van der Waals surface area (Å²) in [7, 11) is -4.00. The number of fused-ring (bicyclic) bond motifs is 7. The Balaban J connectivity index is 0.987. The van der Waals surface area contributed by atoms with E-state index < -0.39 is 55.7 Å². The number of nitrogens with zero attached hydrogens (tertiary/aromatic N) is 3. The van der Waals surface area contributed by atoms with Crippen molar-refractivity contribution >= 4 is 50.6 Å². The Kier molecular flexibility index (Phi) is 14.0. The summed E-state index contributed by atoms with van der Waals surface area (Å²) in [5, 5.41) is 0.828. The molecule has 7 fully saturated rings. The maximum atomic E-state index is 15.4. The zero-order valence-electron chi connectivity index (χ0n) is 42.6. The number of carbonyl (C=O) groups excluding carboxylic acids is 5. The second kappa shape index (κ2) is 19.8. The van der Waals surface area contributed by atoms with Crippen LogP contribution < -0.4 is 14.2 Å². The highest BCUT2D eigenvalue weighted by atomic mass is 32.2. The molecule has 4 bridgehead atoms. The number of pyridine rings is 1. The fourth-order valence-electron chi connectivity index (χ4n) is 12.5. The summed E-state index contributed by atoms with van der Waals surface area (Å²) < 4.78 is 60.1. The van der Waals surface area contributed by atoms with E-state index in [4.69, 9.17) is 28.7 Å². The molecule has 4 aliphatic heterocycles. The van der Waals surface area contributed by atoms with Gasteiger partial charge in [-0.05, 0) is 115 Å². The first-order valence-corrected chi connectivity index (χ1v) is 28.4. The lowest BCUT2D eigenvalue weighted by molar-refractivity contribution is -0.153. The molecule has 4 saturated carbocycles. The fourth-order valence-corrected chi connectivity index (χ4v) is 13.9. The van der Waals surface area contributed by atoms with Crippen molar-refractivity contribution in [2.24, 2.45) is 29.1 Å². The van der Waals surface area contributed by atoms with Gasteiger partial charge in [0.15, 0.2) is 5.78 Å². The first-order valence-electron chi connectivity index (χ1n) is 26.9. The monoisotopic (exact) mass is 1010 g/mol. The zero-order chi connectivity index (χ0) is 50.7. The van der Waals surface area contributed by atoms with Crippen molar-refractivity contribution in [1.82, 2.24) is 19.5 Å². The number of benzene rings is 1. The Labute approximate surface area is 424 Å². The van der Waals surface area contributed by atoms with Gasteiger partial charge < -0.3 is 28.6 Å². The van der Waals surface area contributed by atoms with Gasteiger partial charge in [-0.25, -0.2) is 18.2 Å². The summed E-state index contributed by atoms with van der Waals surface area (Å²) in [6, 6.07) is 6.28. The van der Waals surface area contributed by atoms with Crippen LogP contribution in [0, 0.1) is 29.1 Å². The number of amides is 3. The first-order chi connectivity index (χ1) is 34.3. The van der Waals surface area contributed by atoms with Crippen molar-refractivity contribution in [1.29, 1.82) is 0 Å². The molecule has 9 atom stereocenters. The van der Waals surface area contributed by atoms with Crippen molar-refractivity contribution in [3.63, 3.8) is 0 Å². The summed E-state index contributed by atoms with van der Waals surface area (Å²) >= 11 is 0. The largest absolute Gasteiger partial charge is 0.489 e. The highest BCUT2D eigenvalue weighted by Crippen LogP contribution is 2.57. The molecule has 16 nitrogen and oxygen atoms in total. The topological polar surface area (TPSA) is 197 Å². The summed E-state index contributed by atoms with van der Waals surface area (Å²) in [5.74, 6) is -1.72. The van der Waals surface area contributed by atoms with Gasteiger partial charge in [-0.15, -0.1) is 6.58 Å². The van der Waals surface area contributed by atoms with E-state index in [9.17, 15) is 22.8 Å². The molecule has 10 rings (SSSR count). The summed E-state index contributed by atoms with van der Waals surface area (Å²) in [4.78, 5) is 80.4. The van der Waals surface area contributed by atoms with Crippen LogP contribution in [0.2, 0.25) is 0 Å². The van der Waals surface area contributed by atoms with Crippen LogP contribution in [0.5, 0.6) is 11.6 Å². The quantitative estimate of drug-likeness (QED) is 0.178. The number of piperidine rings is 1. The lowest BCUT2D eigenvalue weighted by atomic mass is 9.77. The van der Waals surface area contributed by atoms with Gasteiger partial charge in [-0.3, -0.25) is 28.8 Å². The number of ketones is 1. The minimum atomic E-state index is -4.00. The van der Waals surface area contributed by atoms with E-state index in [2.05, 4.69) is 11.3 Å². The van der Waals surface area contributed by atoms with E-state index in [1.54, 1.807) is 17.9 Å². The average molecular weight is 1020 g/mol. The van der Waals surface area contributed by atoms with Gasteiger partial charge in [0, 0.05) is 31.1 Å². The predicted molar refractivity (Wildman–Crippen MR) is 266 cm³/mol. The van der Waals surface area contributed by atoms with E-state index in [0.29, 0.717) is 62.5 Å². The number of morpholine rings is 1. The number of ether oxygens (including phenoxy) is 5. The second-order valence-electron chi connectivity index (χ2n) is 23.7. The molecule has 3 amide bonds. The Morgan fingerprint density at radius 3 is 2.31 bits per heavy atom. The molecule has 0 radical (unpaired) electrons. The number of carbonyl (C=O) groups is 5. The van der Waals surface area contributed by atoms with Gasteiger partial charge in [-0.1, -0.05) is 50.3 Å². The molecule has 8 aliphatic rings. The van der Waals surface area contributed by atoms with E-state index in [0.717, 1.165) is 75.2 Å². The van der Waals surface area contributed by atoms with Crippen LogP contribution in [0.4, 0.5) is 4.79 Å². The SMILES string of the molecule is C=C[C@@H]1C[C@]1(CC(=O)[C@@H]1C[C@@H]2CN1C(=O)[C@H](C1CCCCC1)CC(=O)O[C@@H]1C[C@H]1CCCCCc1c(nc3ccccc3c1OC1CC3COCC(C1)N3C(=O)OC(C)(C)C)O2)C(=O)NS(=O)(=O)C1(C)CC1. The summed E-state index contributed by atoms with van der Waals surface area (Å²) in [5.41, 5.74) is -0.534. The maximum Gasteiger partial charge on any atom is 0.410 e. The Morgan fingerprint density at radius 2 is 1.62 bits per heavy atom. The number of hydrogen-bond acceptors (Lipinski definition) is 13. The van der Waals surface area contributed by atoms with Crippen molar-refractivity contribution in [3.05, 3.63) is 42.5 Å². The highest BCUT2D eigenvalue weighted by Gasteiger charge is 2.63. The Hall–Kier alpha value is -4.77. The van der Waals surface area contributed by atoms with E-state index in [-0.39, 0.29) is 92.1 Å². The number of esters is 1. The predicted octanol–water partition coefficient (Wildman–Crippen LogP) is 7.91. The van der Waals surface area contributed by atoms with Gasteiger partial charge in [0.1, 0.15) is 29.7 Å². The number of Topliss-reactive ketones (excluding diaryl/α,β-unsaturated/α-hetero) is 1. The first kappa shape index (κ1) is 50.7. The third kappa shape index (κ3) is 10.5. The van der Waals surface area contributed by atoms with Crippen molar-refractivity contribution in [2.75, 3.05) is 19.8 Å². The molecular weight excluding hydrogens is 941 g/mol. The molecule has 5 heterocycles. The minimum absolute atomic E-state index is 0.0334. The molecule has 2 aromatic rings. The highest BCUT2D eigenvalue weighted by molar-refractivity contribution is 7.91. The molecule has 392 valence electrons. The summed E-state index contributed by atoms with van der Waals surface area (Å²) in [6.45, 7) is 11.9. The van der Waals surface area contributed by atoms with E-state index in [1.807, 2.05) is 49.9 Å². The Morgan fingerprint density at radius 1 is 0.931 bits per heavy atom. The van der Waals surface area contributed by atoms with Gasteiger partial charge in [0.25, 0.3) is 0 Å². The normalized spacial score (nSPS) is 32.9. The lowest BCUT2D eigenvalue weighted by Gasteiger charge is -2.48. The van der Waals surface area contributed by atoms with Crippen LogP contribution >= 0.6 is 0 Å². The van der Waals surface area contributed by atoms with E-state index >= 15 is 9.59 Å². The van der Waals surface area contributed by atoms with Gasteiger partial charge >= 0.3 is 12.1 Å².